The highest BCUT2D eigenvalue weighted by Gasteiger charge is 2.42. The van der Waals surface area contributed by atoms with Crippen molar-refractivity contribution in [2.45, 2.75) is 109 Å². The monoisotopic (exact) mass is 775 g/mol. The molecule has 0 saturated carbocycles. The second-order valence-electron chi connectivity index (χ2n) is 14.5. The number of hydrogen-bond acceptors (Lipinski definition) is 10. The third-order valence-corrected chi connectivity index (χ3v) is 10.3. The number of nitrogens with one attached hydrogen (secondary N) is 4. The number of likely N-dealkylation sites (tertiary alicyclic amines) is 1. The van der Waals surface area contributed by atoms with E-state index >= 15 is 0 Å². The van der Waals surface area contributed by atoms with Crippen LogP contribution in [0.15, 0.2) is 36.4 Å². The third kappa shape index (κ3) is 11.4. The van der Waals surface area contributed by atoms with Crippen molar-refractivity contribution in [3.05, 3.63) is 58.7 Å². The van der Waals surface area contributed by atoms with Crippen molar-refractivity contribution in [3.63, 3.8) is 0 Å². The summed E-state index contributed by atoms with van der Waals surface area (Å²) >= 11 is 0. The van der Waals surface area contributed by atoms with Gasteiger partial charge in [0.2, 0.25) is 17.7 Å². The van der Waals surface area contributed by atoms with Crippen molar-refractivity contribution < 1.29 is 53.2 Å². The normalized spacial score (nSPS) is 17.6. The van der Waals surface area contributed by atoms with Crippen molar-refractivity contribution in [1.29, 1.82) is 0 Å². The molecule has 1 fully saturated rings. The van der Waals surface area contributed by atoms with Gasteiger partial charge in [0.05, 0.1) is 19.6 Å². The van der Waals surface area contributed by atoms with E-state index in [9.17, 15) is 38.8 Å². The molecule has 0 bridgehead atoms. The zero-order valence-corrected chi connectivity index (χ0v) is 31.7. The summed E-state index contributed by atoms with van der Waals surface area (Å²) in [5, 5.41) is 40.6. The summed E-state index contributed by atoms with van der Waals surface area (Å²) < 4.78 is 10.5. The molecule has 300 valence electrons. The third-order valence-electron chi connectivity index (χ3n) is 10.3. The number of carboxylic acids is 1. The highest BCUT2D eigenvalue weighted by atomic mass is 16.5. The summed E-state index contributed by atoms with van der Waals surface area (Å²) in [6.07, 6.45) is 6.45. The first kappa shape index (κ1) is 42.4. The average Bonchev–Trinajstić information content (AvgIpc) is 3.89. The maximum absolute atomic E-state index is 14.1. The molecule has 2 aromatic carbocycles. The predicted molar refractivity (Wildman–Crippen MR) is 206 cm³/mol. The lowest BCUT2D eigenvalue weighted by Gasteiger charge is -2.26. The van der Waals surface area contributed by atoms with Gasteiger partial charge >= 0.3 is 20.2 Å². The Hall–Kier alpha value is -4.77. The van der Waals surface area contributed by atoms with Crippen molar-refractivity contribution in [3.8, 4) is 0 Å². The van der Waals surface area contributed by atoms with Gasteiger partial charge in [-0.1, -0.05) is 44.7 Å². The number of hydrogen-bond donors (Lipinski definition) is 7. The topological polar surface area (TPSA) is 233 Å². The van der Waals surface area contributed by atoms with E-state index in [-0.39, 0.29) is 62.6 Å². The second-order valence-corrected chi connectivity index (χ2v) is 14.5. The maximum Gasteiger partial charge on any atom is 0.491 e. The van der Waals surface area contributed by atoms with Crippen molar-refractivity contribution in [1.82, 2.24) is 26.2 Å². The van der Waals surface area contributed by atoms with Gasteiger partial charge in [-0.25, -0.2) is 0 Å². The molecule has 1 saturated heterocycles. The first-order valence-corrected chi connectivity index (χ1v) is 19.5. The van der Waals surface area contributed by atoms with Gasteiger partial charge in [-0.15, -0.1) is 0 Å². The Morgan fingerprint density at radius 1 is 0.821 bits per heavy atom. The zero-order chi connectivity index (χ0) is 40.2. The number of aliphatic carboxylic acids is 1. The van der Waals surface area contributed by atoms with E-state index in [1.807, 2.05) is 0 Å². The lowest BCUT2D eigenvalue weighted by atomic mass is 9.78. The molecule has 5 amide bonds. The van der Waals surface area contributed by atoms with Crippen LogP contribution in [0, 0.1) is 0 Å². The standard InChI is InChI=1S/C38H51B2N5O11/c1-2-3-4-5-6-10-33(46)41-16-8-7-9-31(36(50)42-17-15-34(47)48)44-37(51)32-20-28(43-35(49)24-11-13-26-22-55-39(53)29(26)18-24)21-45(32)38(52)25-12-14-27-23-56-40(54)30(27)19-25/h11-14,18-19,28,31-32,53-54H,2-10,15-17,20-23H2,1H3,(H,41,46)(H,42,50)(H,43,49)(H,44,51)(H,47,48)/t28-,31-,32+/m0/s1. The van der Waals surface area contributed by atoms with Crippen LogP contribution in [0.5, 0.6) is 0 Å². The number of carbonyl (C=O) groups is 6. The molecule has 56 heavy (non-hydrogen) atoms. The summed E-state index contributed by atoms with van der Waals surface area (Å²) in [4.78, 5) is 79.6. The van der Waals surface area contributed by atoms with E-state index in [1.54, 1.807) is 24.3 Å². The fraction of sp³-hybridized carbons (Fsp3) is 0.526. The Kier molecular flexibility index (Phi) is 15.4. The molecule has 3 heterocycles. The SMILES string of the molecule is CCCCCCCC(=O)NCCCC[C@H](NC(=O)[C@H]1C[C@H](NC(=O)c2ccc3c(c2)B(O)OC3)CN1C(=O)c1ccc2c(c1)B(O)OC2)C(=O)NCCC(=O)O. The molecule has 0 aromatic heterocycles. The Balaban J connectivity index is 1.27. The number of rotatable bonds is 20. The number of carboxylic acid groups (broad SMARTS) is 1. The molecule has 7 N–H and O–H groups in total. The van der Waals surface area contributed by atoms with Crippen LogP contribution in [-0.4, -0.2) is 108 Å². The summed E-state index contributed by atoms with van der Waals surface area (Å²) in [6, 6.07) is 6.70. The van der Waals surface area contributed by atoms with Gasteiger partial charge in [0.25, 0.3) is 11.8 Å². The van der Waals surface area contributed by atoms with E-state index in [1.165, 1.54) is 17.0 Å². The van der Waals surface area contributed by atoms with Crippen molar-refractivity contribution in [2.75, 3.05) is 19.6 Å². The molecule has 3 aliphatic rings. The minimum Gasteiger partial charge on any atom is -0.481 e. The molecule has 2 aromatic rings. The van der Waals surface area contributed by atoms with Crippen LogP contribution >= 0.6 is 0 Å². The van der Waals surface area contributed by atoms with Crippen LogP contribution in [0.3, 0.4) is 0 Å². The Labute approximate surface area is 326 Å². The minimum absolute atomic E-state index is 0.00843. The average molecular weight is 775 g/mol. The molecule has 16 nitrogen and oxygen atoms in total. The summed E-state index contributed by atoms with van der Waals surface area (Å²) in [6.45, 7) is 2.71. The lowest BCUT2D eigenvalue weighted by molar-refractivity contribution is -0.137. The largest absolute Gasteiger partial charge is 0.491 e. The molecule has 0 unspecified atom stereocenters. The highest BCUT2D eigenvalue weighted by Crippen LogP contribution is 2.23. The van der Waals surface area contributed by atoms with E-state index in [2.05, 4.69) is 28.2 Å². The Morgan fingerprint density at radius 3 is 2.16 bits per heavy atom. The van der Waals surface area contributed by atoms with Crippen LogP contribution in [0.1, 0.15) is 109 Å². The van der Waals surface area contributed by atoms with Gasteiger partial charge in [0.15, 0.2) is 0 Å². The summed E-state index contributed by atoms with van der Waals surface area (Å²) in [5.41, 5.74) is 2.84. The van der Waals surface area contributed by atoms with Crippen molar-refractivity contribution >= 4 is 60.7 Å². The first-order chi connectivity index (χ1) is 26.9. The minimum atomic E-state index is -1.21. The molecule has 0 radical (unpaired) electrons. The second kappa shape index (κ2) is 20.4. The van der Waals surface area contributed by atoms with E-state index in [4.69, 9.17) is 14.4 Å². The van der Waals surface area contributed by atoms with Crippen LogP contribution in [0.4, 0.5) is 0 Å². The van der Waals surface area contributed by atoms with Gasteiger partial charge in [-0.3, -0.25) is 28.8 Å². The molecule has 18 heteroatoms. The highest BCUT2D eigenvalue weighted by molar-refractivity contribution is 6.62. The first-order valence-electron chi connectivity index (χ1n) is 19.5. The Bertz CT molecular complexity index is 1760. The number of unbranched alkanes of at least 4 members (excludes halogenated alkanes) is 5. The zero-order valence-electron chi connectivity index (χ0n) is 31.7. The van der Waals surface area contributed by atoms with Gasteiger partial charge in [-0.2, -0.15) is 0 Å². The summed E-state index contributed by atoms with van der Waals surface area (Å²) in [5.74, 6) is -3.40. The Morgan fingerprint density at radius 2 is 1.48 bits per heavy atom. The van der Waals surface area contributed by atoms with Gasteiger partial charge in [0.1, 0.15) is 12.1 Å². The quantitative estimate of drug-likeness (QED) is 0.0691. The number of carbonyl (C=O) groups excluding carboxylic acids is 5. The lowest BCUT2D eigenvalue weighted by Crippen LogP contribution is -2.53. The fourth-order valence-electron chi connectivity index (χ4n) is 7.18. The smallest absolute Gasteiger partial charge is 0.481 e. The molecule has 3 aliphatic heterocycles. The van der Waals surface area contributed by atoms with Gasteiger partial charge in [-0.05, 0) is 78.4 Å². The molecule has 0 spiro atoms. The van der Waals surface area contributed by atoms with Crippen molar-refractivity contribution in [2.24, 2.45) is 0 Å². The number of fused-ring (bicyclic) bond motifs is 2. The van der Waals surface area contributed by atoms with Gasteiger partial charge < -0.3 is 50.6 Å². The maximum atomic E-state index is 14.1. The van der Waals surface area contributed by atoms with Crippen LogP contribution in [0.2, 0.25) is 0 Å². The molecular formula is C38H51B2N5O11. The number of nitrogens with zero attached hydrogens (tertiary/aromatic N) is 1. The van der Waals surface area contributed by atoms with Crippen LogP contribution < -0.4 is 32.2 Å². The molecule has 5 rings (SSSR count). The van der Waals surface area contributed by atoms with Crippen LogP contribution in [-0.2, 0) is 41.7 Å². The molecule has 3 atom stereocenters. The predicted octanol–water partition coefficient (Wildman–Crippen LogP) is -0.142. The number of benzene rings is 2. The van der Waals surface area contributed by atoms with E-state index in [0.717, 1.165) is 43.2 Å². The molecule has 0 aliphatic carbocycles. The summed E-state index contributed by atoms with van der Waals surface area (Å²) in [7, 11) is -2.36. The molecular weight excluding hydrogens is 724 g/mol. The van der Waals surface area contributed by atoms with E-state index in [0.29, 0.717) is 36.7 Å². The number of amides is 5. The van der Waals surface area contributed by atoms with Gasteiger partial charge in [0, 0.05) is 43.2 Å². The van der Waals surface area contributed by atoms with E-state index < -0.39 is 62.0 Å². The fourth-order valence-corrected chi connectivity index (χ4v) is 7.18. The van der Waals surface area contributed by atoms with Crippen LogP contribution in [0.25, 0.3) is 0 Å².